The number of aryl methyl sites for hydroxylation is 1. The predicted molar refractivity (Wildman–Crippen MR) is 135 cm³/mol. The molecule has 2 aromatic rings. The van der Waals surface area contributed by atoms with E-state index in [-0.39, 0.29) is 30.3 Å². The maximum Gasteiger partial charge on any atom is 0.242 e. The van der Waals surface area contributed by atoms with Crippen LogP contribution in [0.2, 0.25) is 0 Å². The van der Waals surface area contributed by atoms with Crippen molar-refractivity contribution in [2.24, 2.45) is 11.8 Å². The van der Waals surface area contributed by atoms with Crippen molar-refractivity contribution in [3.05, 3.63) is 51.7 Å². The molecule has 0 saturated carbocycles. The first-order valence-electron chi connectivity index (χ1n) is 12.1. The Morgan fingerprint density at radius 1 is 1.18 bits per heavy atom. The maximum absolute atomic E-state index is 13.5. The van der Waals surface area contributed by atoms with Crippen molar-refractivity contribution in [1.29, 1.82) is 0 Å². The van der Waals surface area contributed by atoms with Crippen LogP contribution >= 0.6 is 11.3 Å². The normalized spacial score (nSPS) is 16.4. The van der Waals surface area contributed by atoms with E-state index in [0.717, 1.165) is 18.6 Å². The number of carbonyl (C=O) groups is 2. The second-order valence-electron chi connectivity index (χ2n) is 9.66. The third-order valence-electron chi connectivity index (χ3n) is 6.33. The van der Waals surface area contributed by atoms with E-state index >= 15 is 0 Å². The number of hydrogen-bond donors (Lipinski definition) is 0. The van der Waals surface area contributed by atoms with Crippen LogP contribution in [0.25, 0.3) is 0 Å². The molecule has 1 aliphatic rings. The molecule has 0 saturated heterocycles. The Labute approximate surface area is 202 Å². The van der Waals surface area contributed by atoms with Crippen molar-refractivity contribution in [1.82, 2.24) is 9.80 Å². The number of hydrogen-bond acceptors (Lipinski definition) is 4. The fraction of sp³-hybridized carbons (Fsp3) is 0.556. The molecule has 1 aromatic heterocycles. The first-order valence-corrected chi connectivity index (χ1v) is 13.0. The third-order valence-corrected chi connectivity index (χ3v) is 7.33. The Balaban J connectivity index is 1.76. The van der Waals surface area contributed by atoms with E-state index in [1.54, 1.807) is 16.2 Å². The zero-order chi connectivity index (χ0) is 24.0. The van der Waals surface area contributed by atoms with Gasteiger partial charge in [-0.15, -0.1) is 11.3 Å². The monoisotopic (exact) mass is 470 g/mol. The summed E-state index contributed by atoms with van der Waals surface area (Å²) in [5, 5.41) is 2.10. The smallest absolute Gasteiger partial charge is 0.242 e. The average Bonchev–Trinajstić information content (AvgIpc) is 3.26. The molecule has 1 aromatic carbocycles. The average molecular weight is 471 g/mol. The Morgan fingerprint density at radius 2 is 1.91 bits per heavy atom. The molecule has 2 heterocycles. The lowest BCUT2D eigenvalue weighted by Gasteiger charge is -2.37. The zero-order valence-electron chi connectivity index (χ0n) is 20.7. The van der Waals surface area contributed by atoms with Gasteiger partial charge in [0, 0.05) is 24.4 Å². The molecule has 3 rings (SSSR count). The van der Waals surface area contributed by atoms with Gasteiger partial charge in [0.15, 0.2) is 0 Å². The fourth-order valence-electron chi connectivity index (χ4n) is 4.18. The van der Waals surface area contributed by atoms with Crippen LogP contribution in [0.15, 0.2) is 35.7 Å². The highest BCUT2D eigenvalue weighted by molar-refractivity contribution is 7.10. The van der Waals surface area contributed by atoms with E-state index < -0.39 is 0 Å². The zero-order valence-corrected chi connectivity index (χ0v) is 21.5. The Hall–Kier alpha value is -2.34. The van der Waals surface area contributed by atoms with Gasteiger partial charge in [-0.05, 0) is 54.3 Å². The van der Waals surface area contributed by atoms with Gasteiger partial charge in [-0.1, -0.05) is 51.8 Å². The molecule has 0 aliphatic carbocycles. The largest absolute Gasteiger partial charge is 0.491 e. The molecular formula is C27H38N2O3S. The highest BCUT2D eigenvalue weighted by Crippen LogP contribution is 2.34. The maximum atomic E-state index is 13.5. The number of amides is 2. The summed E-state index contributed by atoms with van der Waals surface area (Å²) in [5.74, 6) is 1.51. The SMILES string of the molecule is CC[C@@H](C)CN(CC(=O)N1CCc2sccc2[C@H]1COc1ccc(C)cc1)C(=O)CC(C)C. The van der Waals surface area contributed by atoms with Gasteiger partial charge in [-0.3, -0.25) is 9.59 Å². The second-order valence-corrected chi connectivity index (χ2v) is 10.7. The van der Waals surface area contributed by atoms with Gasteiger partial charge in [-0.2, -0.15) is 0 Å². The Bertz CT molecular complexity index is 922. The van der Waals surface area contributed by atoms with Gasteiger partial charge in [0.1, 0.15) is 12.4 Å². The van der Waals surface area contributed by atoms with Crippen LogP contribution in [0.3, 0.4) is 0 Å². The van der Waals surface area contributed by atoms with Crippen molar-refractivity contribution in [2.75, 3.05) is 26.2 Å². The van der Waals surface area contributed by atoms with Crippen molar-refractivity contribution >= 4 is 23.2 Å². The molecule has 5 nitrogen and oxygen atoms in total. The van der Waals surface area contributed by atoms with E-state index in [9.17, 15) is 9.59 Å². The molecule has 0 unspecified atom stereocenters. The lowest BCUT2D eigenvalue weighted by Crippen LogP contribution is -2.48. The first-order chi connectivity index (χ1) is 15.8. The molecule has 0 N–H and O–H groups in total. The summed E-state index contributed by atoms with van der Waals surface area (Å²) in [5.41, 5.74) is 2.36. The van der Waals surface area contributed by atoms with Crippen LogP contribution in [0.5, 0.6) is 5.75 Å². The van der Waals surface area contributed by atoms with E-state index in [1.165, 1.54) is 16.0 Å². The quantitative estimate of drug-likeness (QED) is 0.462. The lowest BCUT2D eigenvalue weighted by atomic mass is 10.00. The number of thiophene rings is 1. The minimum absolute atomic E-state index is 0.00441. The molecule has 0 fully saturated rings. The lowest BCUT2D eigenvalue weighted by molar-refractivity contribution is -0.143. The van der Waals surface area contributed by atoms with Gasteiger partial charge in [0.05, 0.1) is 12.6 Å². The van der Waals surface area contributed by atoms with Crippen molar-refractivity contribution in [3.63, 3.8) is 0 Å². The predicted octanol–water partition coefficient (Wildman–Crippen LogP) is 5.48. The van der Waals surface area contributed by atoms with Crippen LogP contribution in [0.4, 0.5) is 0 Å². The summed E-state index contributed by atoms with van der Waals surface area (Å²) in [6.07, 6.45) is 2.30. The Kier molecular flexibility index (Phi) is 8.95. The van der Waals surface area contributed by atoms with E-state index in [4.69, 9.17) is 4.74 Å². The van der Waals surface area contributed by atoms with E-state index in [0.29, 0.717) is 32.0 Å². The number of benzene rings is 1. The van der Waals surface area contributed by atoms with Crippen LogP contribution < -0.4 is 4.74 Å². The van der Waals surface area contributed by atoms with Crippen LogP contribution in [-0.4, -0.2) is 47.9 Å². The number of fused-ring (bicyclic) bond motifs is 1. The van der Waals surface area contributed by atoms with Gasteiger partial charge >= 0.3 is 0 Å². The standard InChI is InChI=1S/C27H38N2O3S/c1-6-20(4)16-28(26(30)15-19(2)3)17-27(31)29-13-11-25-23(12-14-33-25)24(29)18-32-22-9-7-21(5)8-10-22/h7-10,12,14,19-20,24H,6,11,13,15-18H2,1-5H3/t20-,24-/m1/s1. The third kappa shape index (κ3) is 6.83. The topological polar surface area (TPSA) is 49.9 Å². The van der Waals surface area contributed by atoms with Crippen LogP contribution in [-0.2, 0) is 16.0 Å². The van der Waals surface area contributed by atoms with Crippen LogP contribution in [0.1, 0.15) is 62.6 Å². The van der Waals surface area contributed by atoms with Gasteiger partial charge in [-0.25, -0.2) is 0 Å². The first kappa shape index (κ1) is 25.3. The second kappa shape index (κ2) is 11.7. The number of carbonyl (C=O) groups excluding carboxylic acids is 2. The van der Waals surface area contributed by atoms with Gasteiger partial charge in [0.2, 0.25) is 11.8 Å². The molecule has 0 bridgehead atoms. The highest BCUT2D eigenvalue weighted by Gasteiger charge is 2.33. The van der Waals surface area contributed by atoms with E-state index in [1.807, 2.05) is 43.0 Å². The molecule has 2 atom stereocenters. The van der Waals surface area contributed by atoms with Crippen molar-refractivity contribution in [2.45, 2.75) is 59.9 Å². The summed E-state index contributed by atoms with van der Waals surface area (Å²) in [6, 6.07) is 9.97. The molecule has 6 heteroatoms. The van der Waals surface area contributed by atoms with Crippen molar-refractivity contribution in [3.8, 4) is 5.75 Å². The van der Waals surface area contributed by atoms with Gasteiger partial charge < -0.3 is 14.5 Å². The molecule has 0 spiro atoms. The fourth-order valence-corrected chi connectivity index (χ4v) is 5.10. The summed E-state index contributed by atoms with van der Waals surface area (Å²) in [7, 11) is 0. The van der Waals surface area contributed by atoms with E-state index in [2.05, 4.69) is 32.2 Å². The molecule has 33 heavy (non-hydrogen) atoms. The molecule has 0 radical (unpaired) electrons. The summed E-state index contributed by atoms with van der Waals surface area (Å²) in [4.78, 5) is 31.5. The molecule has 2 amide bonds. The van der Waals surface area contributed by atoms with Crippen LogP contribution in [0, 0.1) is 18.8 Å². The molecule has 180 valence electrons. The molecular weight excluding hydrogens is 432 g/mol. The summed E-state index contributed by atoms with van der Waals surface area (Å²) < 4.78 is 6.12. The Morgan fingerprint density at radius 3 is 2.58 bits per heavy atom. The van der Waals surface area contributed by atoms with Crippen molar-refractivity contribution < 1.29 is 14.3 Å². The highest BCUT2D eigenvalue weighted by atomic mass is 32.1. The minimum atomic E-state index is -0.139. The number of nitrogens with zero attached hydrogens (tertiary/aromatic N) is 2. The summed E-state index contributed by atoms with van der Waals surface area (Å²) in [6.45, 7) is 12.2. The number of rotatable bonds is 10. The molecule has 1 aliphatic heterocycles. The minimum Gasteiger partial charge on any atom is -0.491 e. The van der Waals surface area contributed by atoms with Gasteiger partial charge in [0.25, 0.3) is 0 Å². The number of ether oxygens (including phenoxy) is 1. The summed E-state index contributed by atoms with van der Waals surface area (Å²) >= 11 is 1.75.